The van der Waals surface area contributed by atoms with Crippen LogP contribution in [-0.4, -0.2) is 24.5 Å². The highest BCUT2D eigenvalue weighted by Crippen LogP contribution is 2.25. The van der Waals surface area contributed by atoms with Crippen LogP contribution >= 0.6 is 11.3 Å². The molecular weight excluding hydrogens is 270 g/mol. The van der Waals surface area contributed by atoms with Gasteiger partial charge in [-0.3, -0.25) is 4.90 Å². The fraction of sp³-hybridized carbons (Fsp3) is 0.312. The van der Waals surface area contributed by atoms with Crippen molar-refractivity contribution in [2.75, 3.05) is 13.7 Å². The van der Waals surface area contributed by atoms with Gasteiger partial charge in [-0.05, 0) is 35.1 Å². The molecule has 1 aliphatic heterocycles. The Morgan fingerprint density at radius 3 is 3.05 bits per heavy atom. The molecule has 0 N–H and O–H groups in total. The highest BCUT2D eigenvalue weighted by molar-refractivity contribution is 7.10. The summed E-state index contributed by atoms with van der Waals surface area (Å²) in [5.41, 5.74) is 3.14. The van der Waals surface area contributed by atoms with E-state index in [0.29, 0.717) is 5.56 Å². The predicted octanol–water partition coefficient (Wildman–Crippen LogP) is 3.09. The molecule has 4 heteroatoms. The predicted molar refractivity (Wildman–Crippen MR) is 79.9 cm³/mol. The Morgan fingerprint density at radius 1 is 1.35 bits per heavy atom. The van der Waals surface area contributed by atoms with Crippen LogP contribution in [0.2, 0.25) is 0 Å². The van der Waals surface area contributed by atoms with Gasteiger partial charge in [0.05, 0.1) is 12.7 Å². The Kier molecular flexibility index (Phi) is 3.85. The van der Waals surface area contributed by atoms with E-state index in [-0.39, 0.29) is 5.97 Å². The molecule has 1 aromatic heterocycles. The van der Waals surface area contributed by atoms with Gasteiger partial charge in [0.15, 0.2) is 0 Å². The first-order chi connectivity index (χ1) is 9.78. The molecule has 104 valence electrons. The number of esters is 1. The number of nitrogens with zero attached hydrogens (tertiary/aromatic N) is 1. The lowest BCUT2D eigenvalue weighted by atomic mass is 10.0. The fourth-order valence-electron chi connectivity index (χ4n) is 2.65. The maximum atomic E-state index is 11.8. The van der Waals surface area contributed by atoms with E-state index < -0.39 is 0 Å². The Hall–Kier alpha value is -1.65. The van der Waals surface area contributed by atoms with Gasteiger partial charge < -0.3 is 4.74 Å². The van der Waals surface area contributed by atoms with Gasteiger partial charge in [0.2, 0.25) is 0 Å². The number of thiophene rings is 1. The van der Waals surface area contributed by atoms with Gasteiger partial charge in [-0.25, -0.2) is 4.79 Å². The minimum atomic E-state index is -0.256. The first kappa shape index (κ1) is 13.3. The molecule has 3 rings (SSSR count). The minimum Gasteiger partial charge on any atom is -0.465 e. The molecule has 20 heavy (non-hydrogen) atoms. The third-order valence-electron chi connectivity index (χ3n) is 3.70. The summed E-state index contributed by atoms with van der Waals surface area (Å²) in [7, 11) is 1.43. The van der Waals surface area contributed by atoms with Gasteiger partial charge in [0.25, 0.3) is 0 Å². The molecule has 0 saturated carbocycles. The number of carbonyl (C=O) groups excluding carboxylic acids is 1. The first-order valence-corrected chi connectivity index (χ1v) is 7.59. The van der Waals surface area contributed by atoms with Crippen LogP contribution in [0, 0.1) is 0 Å². The van der Waals surface area contributed by atoms with E-state index in [1.54, 1.807) is 0 Å². The van der Waals surface area contributed by atoms with Gasteiger partial charge in [-0.2, -0.15) is 0 Å². The molecule has 2 aromatic rings. The van der Waals surface area contributed by atoms with E-state index in [1.807, 2.05) is 35.6 Å². The summed E-state index contributed by atoms with van der Waals surface area (Å²) < 4.78 is 4.85. The molecule has 0 unspecified atom stereocenters. The van der Waals surface area contributed by atoms with Crippen molar-refractivity contribution in [3.8, 4) is 0 Å². The fourth-order valence-corrected chi connectivity index (χ4v) is 3.54. The van der Waals surface area contributed by atoms with Crippen LogP contribution in [0.25, 0.3) is 0 Å². The zero-order chi connectivity index (χ0) is 13.9. The van der Waals surface area contributed by atoms with Gasteiger partial charge in [0, 0.05) is 24.5 Å². The monoisotopic (exact) mass is 287 g/mol. The van der Waals surface area contributed by atoms with Crippen molar-refractivity contribution in [2.45, 2.75) is 19.5 Å². The zero-order valence-electron chi connectivity index (χ0n) is 11.5. The third-order valence-corrected chi connectivity index (χ3v) is 4.73. The number of fused-ring (bicyclic) bond motifs is 1. The summed E-state index contributed by atoms with van der Waals surface area (Å²) in [5, 5.41) is 2.16. The smallest absolute Gasteiger partial charge is 0.338 e. The van der Waals surface area contributed by atoms with Crippen molar-refractivity contribution in [3.05, 3.63) is 57.3 Å². The van der Waals surface area contributed by atoms with E-state index in [9.17, 15) is 4.79 Å². The number of hydrogen-bond donors (Lipinski definition) is 0. The topological polar surface area (TPSA) is 29.5 Å². The Balaban J connectivity index is 1.78. The van der Waals surface area contributed by atoms with E-state index in [2.05, 4.69) is 16.3 Å². The quantitative estimate of drug-likeness (QED) is 0.812. The molecule has 1 aromatic carbocycles. The number of carbonyl (C=O) groups is 1. The van der Waals surface area contributed by atoms with Crippen LogP contribution in [0.4, 0.5) is 0 Å². The van der Waals surface area contributed by atoms with Crippen molar-refractivity contribution in [2.24, 2.45) is 0 Å². The lowest BCUT2D eigenvalue weighted by Gasteiger charge is -2.27. The highest BCUT2D eigenvalue weighted by atomic mass is 32.1. The second-order valence-electron chi connectivity index (χ2n) is 4.98. The first-order valence-electron chi connectivity index (χ1n) is 6.72. The average Bonchev–Trinajstić information content (AvgIpc) is 2.94. The molecule has 0 bridgehead atoms. The molecule has 0 aliphatic carbocycles. The van der Waals surface area contributed by atoms with Crippen LogP contribution in [0.5, 0.6) is 0 Å². The lowest BCUT2D eigenvalue weighted by molar-refractivity contribution is 0.0598. The Bertz CT molecular complexity index is 620. The SMILES string of the molecule is COC(=O)c1ccccc1CN1CCc2sccc2C1. The number of ether oxygens (including phenoxy) is 1. The average molecular weight is 287 g/mol. The van der Waals surface area contributed by atoms with Crippen LogP contribution < -0.4 is 0 Å². The molecule has 2 heterocycles. The lowest BCUT2D eigenvalue weighted by Crippen LogP contribution is -2.29. The number of hydrogen-bond acceptors (Lipinski definition) is 4. The Labute approximate surface area is 122 Å². The van der Waals surface area contributed by atoms with Gasteiger partial charge >= 0.3 is 5.97 Å². The molecule has 0 radical (unpaired) electrons. The largest absolute Gasteiger partial charge is 0.465 e. The molecule has 3 nitrogen and oxygen atoms in total. The second kappa shape index (κ2) is 5.77. The van der Waals surface area contributed by atoms with E-state index in [0.717, 1.165) is 31.6 Å². The minimum absolute atomic E-state index is 0.256. The van der Waals surface area contributed by atoms with Crippen molar-refractivity contribution < 1.29 is 9.53 Å². The van der Waals surface area contributed by atoms with E-state index >= 15 is 0 Å². The summed E-state index contributed by atoms with van der Waals surface area (Å²) in [6, 6.07) is 9.90. The van der Waals surface area contributed by atoms with Gasteiger partial charge in [-0.15, -0.1) is 11.3 Å². The molecule has 0 spiro atoms. The van der Waals surface area contributed by atoms with Crippen LogP contribution in [-0.2, 0) is 24.2 Å². The maximum absolute atomic E-state index is 11.8. The molecule has 0 fully saturated rings. The summed E-state index contributed by atoms with van der Waals surface area (Å²) in [6.45, 7) is 2.80. The number of benzene rings is 1. The zero-order valence-corrected chi connectivity index (χ0v) is 12.3. The van der Waals surface area contributed by atoms with Crippen molar-refractivity contribution in [1.82, 2.24) is 4.90 Å². The normalized spacial score (nSPS) is 14.8. The maximum Gasteiger partial charge on any atom is 0.338 e. The molecule has 0 saturated heterocycles. The van der Waals surface area contributed by atoms with Crippen molar-refractivity contribution >= 4 is 17.3 Å². The summed E-state index contributed by atoms with van der Waals surface area (Å²) in [5.74, 6) is -0.256. The van der Waals surface area contributed by atoms with E-state index in [1.165, 1.54) is 17.6 Å². The molecule has 0 amide bonds. The standard InChI is InChI=1S/C16H17NO2S/c1-19-16(18)14-5-3-2-4-12(14)10-17-8-6-15-13(11-17)7-9-20-15/h2-5,7,9H,6,8,10-11H2,1H3. The molecule has 1 aliphatic rings. The molecule has 0 atom stereocenters. The second-order valence-corrected chi connectivity index (χ2v) is 5.98. The summed E-state index contributed by atoms with van der Waals surface area (Å²) >= 11 is 1.84. The van der Waals surface area contributed by atoms with Gasteiger partial charge in [-0.1, -0.05) is 18.2 Å². The highest BCUT2D eigenvalue weighted by Gasteiger charge is 2.19. The van der Waals surface area contributed by atoms with Crippen LogP contribution in [0.15, 0.2) is 35.7 Å². The van der Waals surface area contributed by atoms with E-state index in [4.69, 9.17) is 4.74 Å². The Morgan fingerprint density at radius 2 is 2.20 bits per heavy atom. The van der Waals surface area contributed by atoms with Crippen molar-refractivity contribution in [3.63, 3.8) is 0 Å². The van der Waals surface area contributed by atoms with Crippen LogP contribution in [0.3, 0.4) is 0 Å². The van der Waals surface area contributed by atoms with Gasteiger partial charge in [0.1, 0.15) is 0 Å². The number of methoxy groups -OCH3 is 1. The summed E-state index contributed by atoms with van der Waals surface area (Å²) in [6.07, 6.45) is 1.10. The van der Waals surface area contributed by atoms with Crippen LogP contribution in [0.1, 0.15) is 26.4 Å². The third kappa shape index (κ3) is 2.62. The van der Waals surface area contributed by atoms with Crippen molar-refractivity contribution in [1.29, 1.82) is 0 Å². The number of rotatable bonds is 3. The summed E-state index contributed by atoms with van der Waals surface area (Å²) in [4.78, 5) is 15.7. The molecular formula is C16H17NO2S.